The van der Waals surface area contributed by atoms with Crippen molar-refractivity contribution in [1.29, 1.82) is 0 Å². The van der Waals surface area contributed by atoms with Crippen LogP contribution in [0, 0.1) is 0 Å². The van der Waals surface area contributed by atoms with Gasteiger partial charge in [0.05, 0.1) is 37.6 Å². The molecule has 0 unspecified atom stereocenters. The van der Waals surface area contributed by atoms with Crippen molar-refractivity contribution in [2.24, 2.45) is 0 Å². The topological polar surface area (TPSA) is 51.7 Å². The molecule has 0 atom stereocenters. The number of esters is 1. The van der Waals surface area contributed by atoms with E-state index in [1.54, 1.807) is 30.4 Å². The molecule has 122 valence electrons. The monoisotopic (exact) mass is 332 g/mol. The number of nitrogens with zero attached hydrogens (tertiary/aromatic N) is 2. The van der Waals surface area contributed by atoms with Crippen LogP contribution in [0.2, 0.25) is 0 Å². The van der Waals surface area contributed by atoms with E-state index in [9.17, 15) is 4.79 Å². The molecule has 1 aliphatic heterocycles. The van der Waals surface area contributed by atoms with E-state index in [0.29, 0.717) is 12.2 Å². The lowest BCUT2D eigenvalue weighted by Crippen LogP contribution is -2.35. The summed E-state index contributed by atoms with van der Waals surface area (Å²) in [4.78, 5) is 18.7. The van der Waals surface area contributed by atoms with Crippen molar-refractivity contribution in [2.45, 2.75) is 13.5 Å². The number of carbonyl (C=O) groups excluding carboxylic acids is 1. The van der Waals surface area contributed by atoms with Crippen LogP contribution in [0.25, 0.3) is 11.3 Å². The predicted octanol–water partition coefficient (Wildman–Crippen LogP) is 2.82. The van der Waals surface area contributed by atoms with Gasteiger partial charge < -0.3 is 9.47 Å². The highest BCUT2D eigenvalue weighted by atomic mass is 32.1. The summed E-state index contributed by atoms with van der Waals surface area (Å²) >= 11 is 1.67. The summed E-state index contributed by atoms with van der Waals surface area (Å²) in [5.41, 5.74) is 2.54. The highest BCUT2D eigenvalue weighted by Crippen LogP contribution is 2.23. The Kier molecular flexibility index (Phi) is 5.38. The third-order valence-electron chi connectivity index (χ3n) is 3.71. The quantitative estimate of drug-likeness (QED) is 0.788. The molecule has 1 aliphatic rings. The number of hydrogen-bond acceptors (Lipinski definition) is 6. The van der Waals surface area contributed by atoms with Crippen LogP contribution in [0.3, 0.4) is 0 Å². The van der Waals surface area contributed by atoms with E-state index in [1.807, 2.05) is 12.1 Å². The Balaban J connectivity index is 1.66. The Bertz CT molecular complexity index is 648. The SMILES string of the molecule is CCOC(=O)c1ccc(-c2csc(CN3CCOCC3)n2)cc1. The standard InChI is InChI=1S/C17H20N2O3S/c1-2-22-17(20)14-5-3-13(4-6-14)15-12-23-16(18-15)11-19-7-9-21-10-8-19/h3-6,12H,2,7-11H2,1H3. The molecule has 2 heterocycles. The maximum absolute atomic E-state index is 11.7. The molecule has 1 aromatic carbocycles. The van der Waals surface area contributed by atoms with Crippen LogP contribution < -0.4 is 0 Å². The van der Waals surface area contributed by atoms with Crippen molar-refractivity contribution in [3.8, 4) is 11.3 Å². The smallest absolute Gasteiger partial charge is 0.338 e. The summed E-state index contributed by atoms with van der Waals surface area (Å²) in [6.45, 7) is 6.58. The van der Waals surface area contributed by atoms with Crippen LogP contribution in [0.4, 0.5) is 0 Å². The van der Waals surface area contributed by atoms with Gasteiger partial charge in [0, 0.05) is 24.0 Å². The van der Waals surface area contributed by atoms with E-state index in [1.165, 1.54) is 0 Å². The summed E-state index contributed by atoms with van der Waals surface area (Å²) in [5.74, 6) is -0.287. The molecule has 0 spiro atoms. The van der Waals surface area contributed by atoms with Gasteiger partial charge in [0.1, 0.15) is 5.01 Å². The van der Waals surface area contributed by atoms with E-state index >= 15 is 0 Å². The molecule has 5 nitrogen and oxygen atoms in total. The first kappa shape index (κ1) is 16.1. The molecule has 3 rings (SSSR count). The Morgan fingerprint density at radius 2 is 2.04 bits per heavy atom. The third-order valence-corrected chi connectivity index (χ3v) is 4.54. The minimum absolute atomic E-state index is 0.287. The van der Waals surface area contributed by atoms with E-state index in [-0.39, 0.29) is 5.97 Å². The molecule has 0 N–H and O–H groups in total. The Labute approximate surface area is 139 Å². The van der Waals surface area contributed by atoms with Crippen LogP contribution in [0.15, 0.2) is 29.6 Å². The van der Waals surface area contributed by atoms with Gasteiger partial charge in [0.2, 0.25) is 0 Å². The Hall–Kier alpha value is -1.76. The maximum Gasteiger partial charge on any atom is 0.338 e. The summed E-state index contributed by atoms with van der Waals surface area (Å²) in [6.07, 6.45) is 0. The molecule has 0 saturated carbocycles. The maximum atomic E-state index is 11.7. The highest BCUT2D eigenvalue weighted by molar-refractivity contribution is 7.09. The number of carbonyl (C=O) groups is 1. The van der Waals surface area contributed by atoms with Gasteiger partial charge in [0.25, 0.3) is 0 Å². The van der Waals surface area contributed by atoms with Gasteiger partial charge in [-0.2, -0.15) is 0 Å². The Morgan fingerprint density at radius 1 is 1.30 bits per heavy atom. The van der Waals surface area contributed by atoms with Crippen LogP contribution in [0.5, 0.6) is 0 Å². The molecule has 23 heavy (non-hydrogen) atoms. The van der Waals surface area contributed by atoms with Crippen molar-refractivity contribution in [1.82, 2.24) is 9.88 Å². The fourth-order valence-corrected chi connectivity index (χ4v) is 3.30. The minimum Gasteiger partial charge on any atom is -0.462 e. The summed E-state index contributed by atoms with van der Waals surface area (Å²) in [6, 6.07) is 7.41. The molecule has 0 bridgehead atoms. The number of hydrogen-bond donors (Lipinski definition) is 0. The number of morpholine rings is 1. The average molecular weight is 332 g/mol. The van der Waals surface area contributed by atoms with E-state index in [4.69, 9.17) is 14.5 Å². The minimum atomic E-state index is -0.287. The third kappa shape index (κ3) is 4.16. The molecule has 0 aliphatic carbocycles. The fourth-order valence-electron chi connectivity index (χ4n) is 2.46. The van der Waals surface area contributed by atoms with E-state index in [0.717, 1.165) is 49.1 Å². The number of rotatable bonds is 5. The van der Waals surface area contributed by atoms with Crippen molar-refractivity contribution in [3.63, 3.8) is 0 Å². The number of thiazole rings is 1. The summed E-state index contributed by atoms with van der Waals surface area (Å²) < 4.78 is 10.4. The van der Waals surface area contributed by atoms with Gasteiger partial charge in [-0.25, -0.2) is 9.78 Å². The van der Waals surface area contributed by atoms with E-state index in [2.05, 4.69) is 10.3 Å². The van der Waals surface area contributed by atoms with Crippen LogP contribution in [-0.2, 0) is 16.0 Å². The molecular formula is C17H20N2O3S. The second-order valence-corrected chi connectivity index (χ2v) is 6.26. The van der Waals surface area contributed by atoms with Crippen LogP contribution >= 0.6 is 11.3 Å². The first-order valence-corrected chi connectivity index (χ1v) is 8.66. The largest absolute Gasteiger partial charge is 0.462 e. The van der Waals surface area contributed by atoms with Crippen molar-refractivity contribution < 1.29 is 14.3 Å². The molecule has 2 aromatic rings. The van der Waals surface area contributed by atoms with Gasteiger partial charge in [-0.05, 0) is 19.1 Å². The normalized spacial score (nSPS) is 15.5. The fraction of sp³-hybridized carbons (Fsp3) is 0.412. The molecule has 1 aromatic heterocycles. The van der Waals surface area contributed by atoms with E-state index < -0.39 is 0 Å². The molecule has 6 heteroatoms. The van der Waals surface area contributed by atoms with Crippen molar-refractivity contribution in [2.75, 3.05) is 32.9 Å². The molecule has 1 saturated heterocycles. The zero-order chi connectivity index (χ0) is 16.1. The zero-order valence-electron chi connectivity index (χ0n) is 13.2. The van der Waals surface area contributed by atoms with Crippen LogP contribution in [-0.4, -0.2) is 48.8 Å². The molecule has 1 fully saturated rings. The Morgan fingerprint density at radius 3 is 2.74 bits per heavy atom. The number of aromatic nitrogens is 1. The second-order valence-electron chi connectivity index (χ2n) is 5.31. The predicted molar refractivity (Wildman–Crippen MR) is 89.6 cm³/mol. The zero-order valence-corrected chi connectivity index (χ0v) is 14.0. The van der Waals surface area contributed by atoms with Gasteiger partial charge in [-0.15, -0.1) is 11.3 Å². The number of benzene rings is 1. The van der Waals surface area contributed by atoms with Crippen LogP contribution in [0.1, 0.15) is 22.3 Å². The summed E-state index contributed by atoms with van der Waals surface area (Å²) in [7, 11) is 0. The first-order valence-electron chi connectivity index (χ1n) is 7.78. The molecule has 0 radical (unpaired) electrons. The van der Waals surface area contributed by atoms with Crippen molar-refractivity contribution in [3.05, 3.63) is 40.2 Å². The molecular weight excluding hydrogens is 312 g/mol. The van der Waals surface area contributed by atoms with Gasteiger partial charge >= 0.3 is 5.97 Å². The average Bonchev–Trinajstić information content (AvgIpc) is 3.05. The van der Waals surface area contributed by atoms with Crippen molar-refractivity contribution >= 4 is 17.3 Å². The van der Waals surface area contributed by atoms with Gasteiger partial charge in [0.15, 0.2) is 0 Å². The van der Waals surface area contributed by atoms with Gasteiger partial charge in [-0.3, -0.25) is 4.90 Å². The lowest BCUT2D eigenvalue weighted by atomic mass is 10.1. The first-order chi connectivity index (χ1) is 11.3. The lowest BCUT2D eigenvalue weighted by Gasteiger charge is -2.25. The summed E-state index contributed by atoms with van der Waals surface area (Å²) in [5, 5.41) is 3.17. The lowest BCUT2D eigenvalue weighted by molar-refractivity contribution is 0.0341. The second kappa shape index (κ2) is 7.68. The highest BCUT2D eigenvalue weighted by Gasteiger charge is 2.13. The molecule has 0 amide bonds. The number of ether oxygens (including phenoxy) is 2. The van der Waals surface area contributed by atoms with Gasteiger partial charge in [-0.1, -0.05) is 12.1 Å².